The minimum atomic E-state index is -0.625. The van der Waals surface area contributed by atoms with E-state index in [-0.39, 0.29) is 0 Å². The third-order valence-electron chi connectivity index (χ3n) is 4.83. The van der Waals surface area contributed by atoms with Crippen LogP contribution in [-0.2, 0) is 0 Å². The van der Waals surface area contributed by atoms with E-state index in [2.05, 4.69) is 26.9 Å². The Morgan fingerprint density at radius 2 is 1.25 bits per heavy atom. The molecule has 2 fully saturated rings. The Bertz CT molecular complexity index is 170. The van der Waals surface area contributed by atoms with Crippen molar-refractivity contribution in [2.75, 3.05) is 20.0 Å². The van der Waals surface area contributed by atoms with Crippen LogP contribution in [-0.4, -0.2) is 25.2 Å². The van der Waals surface area contributed by atoms with E-state index < -0.39 is 7.26 Å². The third-order valence-corrected chi connectivity index (χ3v) is 8.45. The summed E-state index contributed by atoms with van der Waals surface area (Å²) < 4.78 is 0. The summed E-state index contributed by atoms with van der Waals surface area (Å²) in [5.74, 6) is 2.19. The van der Waals surface area contributed by atoms with Crippen molar-refractivity contribution < 1.29 is 0 Å². The molecule has 2 bridgehead atoms. The van der Waals surface area contributed by atoms with Gasteiger partial charge in [-0.2, -0.15) is 0 Å². The summed E-state index contributed by atoms with van der Waals surface area (Å²) in [5.41, 5.74) is 0. The molecule has 70 valence electrons. The molecule has 0 unspecified atom stereocenters. The molecule has 0 aromatic carbocycles. The molecule has 2 aliphatic rings. The maximum atomic E-state index is 2.59. The van der Waals surface area contributed by atoms with E-state index in [0.29, 0.717) is 0 Å². The summed E-state index contributed by atoms with van der Waals surface area (Å²) in [6.07, 6.45) is 6.16. The van der Waals surface area contributed by atoms with Gasteiger partial charge in [-0.1, -0.05) is 0 Å². The molecule has 0 spiro atoms. The smallest absolute Gasteiger partial charge is 0.0460 e. The largest absolute Gasteiger partial charge is 0.0819 e. The number of hydrogen-bond acceptors (Lipinski definition) is 0. The predicted octanol–water partition coefficient (Wildman–Crippen LogP) is 3.47. The van der Waals surface area contributed by atoms with Gasteiger partial charge in [0.2, 0.25) is 0 Å². The minimum Gasteiger partial charge on any atom is -0.0460 e. The number of fused-ring (bicyclic) bond motifs is 2. The fourth-order valence-electron chi connectivity index (χ4n) is 3.69. The van der Waals surface area contributed by atoms with Crippen LogP contribution < -0.4 is 0 Å². The average molecular weight is 185 g/mol. The van der Waals surface area contributed by atoms with Gasteiger partial charge in [0.25, 0.3) is 0 Å². The lowest BCUT2D eigenvalue weighted by Gasteiger charge is -2.36. The van der Waals surface area contributed by atoms with E-state index in [1.54, 1.807) is 25.7 Å². The minimum absolute atomic E-state index is 0.625. The number of hydrogen-bond donors (Lipinski definition) is 0. The van der Waals surface area contributed by atoms with Crippen LogP contribution in [0, 0.1) is 11.8 Å². The predicted molar refractivity (Wildman–Crippen MR) is 58.5 cm³/mol. The molecular weight excluding hydrogens is 163 g/mol. The van der Waals surface area contributed by atoms with Crippen LogP contribution in [0.15, 0.2) is 0 Å². The lowest BCUT2D eigenvalue weighted by atomic mass is 9.99. The van der Waals surface area contributed by atoms with E-state index in [4.69, 9.17) is 0 Å². The van der Waals surface area contributed by atoms with Crippen molar-refractivity contribution in [1.29, 1.82) is 0 Å². The second kappa shape index (κ2) is 2.47. The van der Waals surface area contributed by atoms with Gasteiger partial charge in [-0.3, -0.25) is 0 Å². The van der Waals surface area contributed by atoms with Gasteiger partial charge in [0, 0.05) is 27.3 Å². The average Bonchev–Trinajstić information content (AvgIpc) is 2.45. The van der Waals surface area contributed by atoms with Gasteiger partial charge in [-0.15, -0.1) is 0 Å². The summed E-state index contributed by atoms with van der Waals surface area (Å²) in [7, 11) is -0.625. The topological polar surface area (TPSA) is 0 Å². The maximum Gasteiger partial charge on any atom is 0.0819 e. The van der Waals surface area contributed by atoms with Crippen molar-refractivity contribution in [2.45, 2.75) is 37.8 Å². The van der Waals surface area contributed by atoms with Crippen LogP contribution in [0.2, 0.25) is 0 Å². The van der Waals surface area contributed by atoms with Crippen molar-refractivity contribution in [1.82, 2.24) is 0 Å². The van der Waals surface area contributed by atoms with Gasteiger partial charge in [-0.05, 0) is 44.4 Å². The van der Waals surface area contributed by atoms with Crippen molar-refractivity contribution in [3.63, 3.8) is 0 Å². The summed E-state index contributed by atoms with van der Waals surface area (Å²) in [4.78, 5) is 0. The maximum absolute atomic E-state index is 2.59. The van der Waals surface area contributed by atoms with Crippen LogP contribution in [0.25, 0.3) is 0 Å². The standard InChI is InChI=1S/C11H22P/c1-11(12(2,3)4)9-5-6-10(11)8-7-9/h9-10H,5-8H2,1-4H3/q+1. The third kappa shape index (κ3) is 0.939. The van der Waals surface area contributed by atoms with Gasteiger partial charge >= 0.3 is 0 Å². The van der Waals surface area contributed by atoms with Gasteiger partial charge in [0.1, 0.15) is 0 Å². The Morgan fingerprint density at radius 1 is 0.917 bits per heavy atom. The first-order valence-corrected chi connectivity index (χ1v) is 8.41. The first kappa shape index (κ1) is 9.00. The van der Waals surface area contributed by atoms with Crippen molar-refractivity contribution in [3.8, 4) is 0 Å². The Labute approximate surface area is 77.5 Å². The van der Waals surface area contributed by atoms with Crippen molar-refractivity contribution >= 4 is 7.26 Å². The highest BCUT2D eigenvalue weighted by molar-refractivity contribution is 7.75. The summed E-state index contributed by atoms with van der Waals surface area (Å²) in [6, 6.07) is 0. The molecule has 2 aliphatic carbocycles. The lowest BCUT2D eigenvalue weighted by Crippen LogP contribution is -2.32. The molecule has 0 N–H and O–H groups in total. The van der Waals surface area contributed by atoms with Crippen LogP contribution in [0.1, 0.15) is 32.6 Å². The molecule has 0 nitrogen and oxygen atoms in total. The molecule has 12 heavy (non-hydrogen) atoms. The first-order chi connectivity index (χ1) is 5.46. The van der Waals surface area contributed by atoms with Gasteiger partial charge in [0.05, 0.1) is 5.16 Å². The molecule has 0 heterocycles. The van der Waals surface area contributed by atoms with Crippen LogP contribution in [0.3, 0.4) is 0 Å². The molecule has 1 heteroatoms. The molecular formula is C11H22P+. The fraction of sp³-hybridized carbons (Fsp3) is 1.00. The molecule has 0 atom stereocenters. The van der Waals surface area contributed by atoms with Gasteiger partial charge in [0.15, 0.2) is 0 Å². The molecule has 2 saturated carbocycles. The Morgan fingerprint density at radius 3 is 1.42 bits per heavy atom. The van der Waals surface area contributed by atoms with E-state index in [9.17, 15) is 0 Å². The summed E-state index contributed by atoms with van der Waals surface area (Å²) >= 11 is 0. The molecule has 0 aromatic heterocycles. The highest BCUT2D eigenvalue weighted by atomic mass is 31.2. The van der Waals surface area contributed by atoms with Crippen LogP contribution in [0.5, 0.6) is 0 Å². The second-order valence-electron chi connectivity index (χ2n) is 5.79. The van der Waals surface area contributed by atoms with Crippen molar-refractivity contribution in [2.24, 2.45) is 11.8 Å². The summed E-state index contributed by atoms with van der Waals surface area (Å²) in [5, 5.41) is 0.771. The molecule has 0 aliphatic heterocycles. The molecule has 0 saturated heterocycles. The quantitative estimate of drug-likeness (QED) is 0.549. The highest BCUT2D eigenvalue weighted by Gasteiger charge is 2.61. The lowest BCUT2D eigenvalue weighted by molar-refractivity contribution is 0.480. The molecule has 0 amide bonds. The summed E-state index contributed by atoms with van der Waals surface area (Å²) in [6.45, 7) is 10.2. The zero-order valence-corrected chi connectivity index (χ0v) is 9.82. The molecule has 0 radical (unpaired) electrons. The van der Waals surface area contributed by atoms with Gasteiger partial charge in [-0.25, -0.2) is 0 Å². The Hall–Kier alpha value is 0.430. The van der Waals surface area contributed by atoms with E-state index in [0.717, 1.165) is 17.0 Å². The van der Waals surface area contributed by atoms with E-state index in [1.165, 1.54) is 0 Å². The first-order valence-electron chi connectivity index (χ1n) is 5.28. The zero-order chi connectivity index (χ0) is 8.98. The van der Waals surface area contributed by atoms with Crippen LogP contribution >= 0.6 is 7.26 Å². The fourth-order valence-corrected chi connectivity index (χ4v) is 6.40. The monoisotopic (exact) mass is 185 g/mol. The Balaban J connectivity index is 2.32. The molecule has 0 aromatic rings. The Kier molecular flexibility index (Phi) is 1.85. The van der Waals surface area contributed by atoms with E-state index in [1.807, 2.05) is 0 Å². The van der Waals surface area contributed by atoms with Crippen molar-refractivity contribution in [3.05, 3.63) is 0 Å². The second-order valence-corrected chi connectivity index (χ2v) is 10.8. The zero-order valence-electron chi connectivity index (χ0n) is 8.93. The number of rotatable bonds is 1. The normalized spacial score (nSPS) is 47.0. The van der Waals surface area contributed by atoms with Gasteiger partial charge < -0.3 is 0 Å². The SMILES string of the molecule is CC1([P+](C)(C)C)C2CCC1CC2. The van der Waals surface area contributed by atoms with Crippen LogP contribution in [0.4, 0.5) is 0 Å². The highest BCUT2D eigenvalue weighted by Crippen LogP contribution is 2.74. The molecule has 2 rings (SSSR count). The van der Waals surface area contributed by atoms with E-state index >= 15 is 0 Å².